The molecule has 2 aromatic rings. The van der Waals surface area contributed by atoms with Crippen LogP contribution in [0.4, 0.5) is 0 Å². The SMILES string of the molecule is COc1ccc(OCC2c3cc(OC)c(OC)cc3CCN2C(=O)CC(C)C)cc1. The summed E-state index contributed by atoms with van der Waals surface area (Å²) in [7, 11) is 4.89. The van der Waals surface area contributed by atoms with E-state index < -0.39 is 0 Å². The van der Waals surface area contributed by atoms with Gasteiger partial charge in [0.05, 0.1) is 27.4 Å². The van der Waals surface area contributed by atoms with Gasteiger partial charge in [0, 0.05) is 13.0 Å². The molecule has 0 saturated carbocycles. The summed E-state index contributed by atoms with van der Waals surface area (Å²) in [6.45, 7) is 5.14. The number of fused-ring (bicyclic) bond motifs is 1. The monoisotopic (exact) mass is 413 g/mol. The zero-order chi connectivity index (χ0) is 21.7. The van der Waals surface area contributed by atoms with Gasteiger partial charge in [-0.25, -0.2) is 0 Å². The zero-order valence-corrected chi connectivity index (χ0v) is 18.4. The van der Waals surface area contributed by atoms with E-state index in [2.05, 4.69) is 13.8 Å². The van der Waals surface area contributed by atoms with Gasteiger partial charge in [-0.2, -0.15) is 0 Å². The van der Waals surface area contributed by atoms with Gasteiger partial charge in [-0.15, -0.1) is 0 Å². The number of amides is 1. The van der Waals surface area contributed by atoms with Gasteiger partial charge in [0.15, 0.2) is 11.5 Å². The molecule has 0 fully saturated rings. The molecule has 0 aliphatic carbocycles. The molecule has 162 valence electrons. The fourth-order valence-electron chi connectivity index (χ4n) is 3.82. The highest BCUT2D eigenvalue weighted by Gasteiger charge is 2.33. The first-order valence-electron chi connectivity index (χ1n) is 10.3. The maximum absolute atomic E-state index is 13.0. The van der Waals surface area contributed by atoms with Crippen LogP contribution in [0, 0.1) is 5.92 Å². The van der Waals surface area contributed by atoms with Crippen LogP contribution < -0.4 is 18.9 Å². The Kier molecular flexibility index (Phi) is 7.08. The maximum Gasteiger partial charge on any atom is 0.223 e. The van der Waals surface area contributed by atoms with Crippen LogP contribution in [0.5, 0.6) is 23.0 Å². The van der Waals surface area contributed by atoms with Crippen molar-refractivity contribution < 1.29 is 23.7 Å². The number of carbonyl (C=O) groups excluding carboxylic acids is 1. The Morgan fingerprint density at radius 2 is 1.63 bits per heavy atom. The molecule has 1 unspecified atom stereocenters. The van der Waals surface area contributed by atoms with Crippen LogP contribution in [0.25, 0.3) is 0 Å². The Morgan fingerprint density at radius 3 is 2.23 bits per heavy atom. The molecular weight excluding hydrogens is 382 g/mol. The van der Waals surface area contributed by atoms with Gasteiger partial charge < -0.3 is 23.8 Å². The van der Waals surface area contributed by atoms with Crippen molar-refractivity contribution in [3.05, 3.63) is 47.5 Å². The molecule has 2 aromatic carbocycles. The normalized spacial score (nSPS) is 15.5. The highest BCUT2D eigenvalue weighted by atomic mass is 16.5. The van der Waals surface area contributed by atoms with E-state index in [1.54, 1.807) is 21.3 Å². The summed E-state index contributed by atoms with van der Waals surface area (Å²) in [5.41, 5.74) is 2.20. The summed E-state index contributed by atoms with van der Waals surface area (Å²) < 4.78 is 22.3. The molecule has 0 saturated heterocycles. The van der Waals surface area contributed by atoms with Crippen molar-refractivity contribution in [2.24, 2.45) is 5.92 Å². The minimum absolute atomic E-state index is 0.147. The molecule has 0 radical (unpaired) electrons. The number of benzene rings is 2. The predicted octanol–water partition coefficient (Wildman–Crippen LogP) is 4.26. The molecule has 6 nitrogen and oxygen atoms in total. The number of rotatable bonds is 8. The third-order valence-electron chi connectivity index (χ3n) is 5.37. The molecule has 3 rings (SSSR count). The summed E-state index contributed by atoms with van der Waals surface area (Å²) in [5, 5.41) is 0. The van der Waals surface area contributed by atoms with Crippen molar-refractivity contribution >= 4 is 5.91 Å². The lowest BCUT2D eigenvalue weighted by atomic mass is 9.91. The first-order valence-corrected chi connectivity index (χ1v) is 10.3. The molecule has 1 aliphatic rings. The predicted molar refractivity (Wildman–Crippen MR) is 116 cm³/mol. The van der Waals surface area contributed by atoms with Gasteiger partial charge in [0.25, 0.3) is 0 Å². The second-order valence-electron chi connectivity index (χ2n) is 7.84. The van der Waals surface area contributed by atoms with Crippen LogP contribution >= 0.6 is 0 Å². The third-order valence-corrected chi connectivity index (χ3v) is 5.37. The summed E-state index contributed by atoms with van der Waals surface area (Å²) >= 11 is 0. The van der Waals surface area contributed by atoms with Crippen LogP contribution in [-0.4, -0.2) is 45.3 Å². The smallest absolute Gasteiger partial charge is 0.223 e. The molecule has 6 heteroatoms. The van der Waals surface area contributed by atoms with Crippen molar-refractivity contribution in [2.75, 3.05) is 34.5 Å². The van der Waals surface area contributed by atoms with E-state index in [0.29, 0.717) is 37.0 Å². The Balaban J connectivity index is 1.91. The maximum atomic E-state index is 13.0. The zero-order valence-electron chi connectivity index (χ0n) is 18.4. The van der Waals surface area contributed by atoms with E-state index in [4.69, 9.17) is 18.9 Å². The van der Waals surface area contributed by atoms with Crippen LogP contribution in [0.1, 0.15) is 37.4 Å². The van der Waals surface area contributed by atoms with E-state index in [0.717, 1.165) is 29.0 Å². The number of hydrogen-bond acceptors (Lipinski definition) is 5. The van der Waals surface area contributed by atoms with E-state index >= 15 is 0 Å². The first-order chi connectivity index (χ1) is 14.5. The highest BCUT2D eigenvalue weighted by molar-refractivity contribution is 5.77. The molecule has 1 aliphatic heterocycles. The molecule has 1 amide bonds. The highest BCUT2D eigenvalue weighted by Crippen LogP contribution is 2.39. The summed E-state index contributed by atoms with van der Waals surface area (Å²) in [6.07, 6.45) is 1.29. The molecule has 0 bridgehead atoms. The topological polar surface area (TPSA) is 57.2 Å². The van der Waals surface area contributed by atoms with Crippen LogP contribution in [-0.2, 0) is 11.2 Å². The summed E-state index contributed by atoms with van der Waals surface area (Å²) in [6, 6.07) is 11.3. The average Bonchev–Trinajstić information content (AvgIpc) is 2.76. The second kappa shape index (κ2) is 9.74. The second-order valence-corrected chi connectivity index (χ2v) is 7.84. The van der Waals surface area contributed by atoms with E-state index in [1.807, 2.05) is 41.3 Å². The van der Waals surface area contributed by atoms with Crippen LogP contribution in [0.15, 0.2) is 36.4 Å². The van der Waals surface area contributed by atoms with Gasteiger partial charge in [-0.3, -0.25) is 4.79 Å². The average molecular weight is 414 g/mol. The third kappa shape index (κ3) is 4.81. The molecule has 0 N–H and O–H groups in total. The lowest BCUT2D eigenvalue weighted by Gasteiger charge is -2.38. The van der Waals surface area contributed by atoms with Gasteiger partial charge in [-0.05, 0) is 59.9 Å². The number of nitrogens with zero attached hydrogens (tertiary/aromatic N) is 1. The van der Waals surface area contributed by atoms with Crippen LogP contribution in [0.2, 0.25) is 0 Å². The van der Waals surface area contributed by atoms with Crippen molar-refractivity contribution in [1.29, 1.82) is 0 Å². The quantitative estimate of drug-likeness (QED) is 0.647. The van der Waals surface area contributed by atoms with Crippen molar-refractivity contribution in [2.45, 2.75) is 32.7 Å². The fraction of sp³-hybridized carbons (Fsp3) is 0.458. The number of carbonyl (C=O) groups is 1. The molecule has 1 atom stereocenters. The number of methoxy groups -OCH3 is 3. The van der Waals surface area contributed by atoms with Crippen molar-refractivity contribution in [3.8, 4) is 23.0 Å². The minimum Gasteiger partial charge on any atom is -0.497 e. The molecule has 0 aromatic heterocycles. The van der Waals surface area contributed by atoms with Crippen molar-refractivity contribution in [1.82, 2.24) is 4.90 Å². The minimum atomic E-state index is -0.193. The fourth-order valence-corrected chi connectivity index (χ4v) is 3.82. The Morgan fingerprint density at radius 1 is 1.00 bits per heavy atom. The van der Waals surface area contributed by atoms with Gasteiger partial charge in [0.2, 0.25) is 5.91 Å². The molecule has 1 heterocycles. The number of hydrogen-bond donors (Lipinski definition) is 0. The van der Waals surface area contributed by atoms with Crippen molar-refractivity contribution in [3.63, 3.8) is 0 Å². The Labute approximate surface area is 178 Å². The molecule has 0 spiro atoms. The lowest BCUT2D eigenvalue weighted by molar-refractivity contribution is -0.135. The Hall–Kier alpha value is -2.89. The van der Waals surface area contributed by atoms with E-state index in [9.17, 15) is 4.79 Å². The number of ether oxygens (including phenoxy) is 4. The summed E-state index contributed by atoms with van der Waals surface area (Å²) in [5.74, 6) is 3.31. The van der Waals surface area contributed by atoms with Gasteiger partial charge >= 0.3 is 0 Å². The van der Waals surface area contributed by atoms with E-state index in [1.165, 1.54) is 0 Å². The van der Waals surface area contributed by atoms with Gasteiger partial charge in [0.1, 0.15) is 18.1 Å². The van der Waals surface area contributed by atoms with E-state index in [-0.39, 0.29) is 11.9 Å². The molecular formula is C24H31NO5. The lowest BCUT2D eigenvalue weighted by Crippen LogP contribution is -2.43. The first kappa shape index (κ1) is 21.8. The van der Waals surface area contributed by atoms with Crippen LogP contribution in [0.3, 0.4) is 0 Å². The molecule has 30 heavy (non-hydrogen) atoms. The van der Waals surface area contributed by atoms with Gasteiger partial charge in [-0.1, -0.05) is 13.8 Å². The summed E-state index contributed by atoms with van der Waals surface area (Å²) in [4.78, 5) is 14.9. The Bertz CT molecular complexity index is 863. The standard InChI is InChI=1S/C24H31NO5/c1-16(2)12-24(26)25-11-10-17-13-22(28-4)23(29-5)14-20(17)21(25)15-30-19-8-6-18(27-3)7-9-19/h6-9,13-14,16,21H,10-12,15H2,1-5H3. The largest absolute Gasteiger partial charge is 0.497 e.